The molecule has 0 spiro atoms. The van der Waals surface area contributed by atoms with Crippen LogP contribution in [0.1, 0.15) is 19.5 Å². The normalized spacial score (nSPS) is 11.2. The maximum Gasteiger partial charge on any atom is 0.162 e. The summed E-state index contributed by atoms with van der Waals surface area (Å²) in [5.74, 6) is 0.973. The molecule has 0 saturated carbocycles. The molecule has 2 rings (SSSR count). The SMILES string of the molecule is CC(C)Cc1nc(-c2ccc(Cl)cc2Cl)nc(Cl)c1Br. The fourth-order valence-electron chi connectivity index (χ4n) is 1.78. The van der Waals surface area contributed by atoms with Crippen molar-refractivity contribution in [1.29, 1.82) is 0 Å². The molecule has 0 atom stereocenters. The average Bonchev–Trinajstić information content (AvgIpc) is 2.34. The highest BCUT2D eigenvalue weighted by Gasteiger charge is 2.15. The van der Waals surface area contributed by atoms with E-state index in [1.165, 1.54) is 0 Å². The van der Waals surface area contributed by atoms with E-state index >= 15 is 0 Å². The van der Waals surface area contributed by atoms with Gasteiger partial charge >= 0.3 is 0 Å². The summed E-state index contributed by atoms with van der Waals surface area (Å²) >= 11 is 21.7. The minimum atomic E-state index is 0.386. The van der Waals surface area contributed by atoms with Gasteiger partial charge in [-0.25, -0.2) is 9.97 Å². The van der Waals surface area contributed by atoms with Gasteiger partial charge in [-0.3, -0.25) is 0 Å². The van der Waals surface area contributed by atoms with E-state index in [9.17, 15) is 0 Å². The summed E-state index contributed by atoms with van der Waals surface area (Å²) in [7, 11) is 0. The summed E-state index contributed by atoms with van der Waals surface area (Å²) in [4.78, 5) is 8.85. The number of rotatable bonds is 3. The van der Waals surface area contributed by atoms with Gasteiger partial charge in [-0.2, -0.15) is 0 Å². The topological polar surface area (TPSA) is 25.8 Å². The van der Waals surface area contributed by atoms with Crippen molar-refractivity contribution < 1.29 is 0 Å². The molecule has 20 heavy (non-hydrogen) atoms. The highest BCUT2D eigenvalue weighted by Crippen LogP contribution is 2.32. The Bertz CT molecular complexity index is 645. The van der Waals surface area contributed by atoms with Gasteiger partial charge in [0.15, 0.2) is 5.82 Å². The molecular formula is C14H12BrCl3N2. The standard InChI is InChI=1S/C14H12BrCl3N2/c1-7(2)5-11-12(15)13(18)20-14(19-11)9-4-3-8(16)6-10(9)17/h3-4,6-7H,5H2,1-2H3. The van der Waals surface area contributed by atoms with Gasteiger partial charge in [-0.15, -0.1) is 0 Å². The summed E-state index contributed by atoms with van der Waals surface area (Å²) in [6.45, 7) is 4.24. The molecule has 0 aliphatic carbocycles. The third-order valence-corrected chi connectivity index (χ3v) is 4.54. The fourth-order valence-corrected chi connectivity index (χ4v) is 2.80. The van der Waals surface area contributed by atoms with Crippen LogP contribution in [-0.4, -0.2) is 9.97 Å². The second-order valence-corrected chi connectivity index (χ2v) is 6.82. The molecule has 0 aliphatic rings. The first-order chi connectivity index (χ1) is 9.38. The van der Waals surface area contributed by atoms with Crippen molar-refractivity contribution in [1.82, 2.24) is 9.97 Å². The van der Waals surface area contributed by atoms with Crippen LogP contribution in [0.3, 0.4) is 0 Å². The van der Waals surface area contributed by atoms with Crippen molar-refractivity contribution in [3.05, 3.63) is 43.6 Å². The molecule has 1 aromatic carbocycles. The van der Waals surface area contributed by atoms with Crippen LogP contribution in [0.25, 0.3) is 11.4 Å². The zero-order valence-corrected chi connectivity index (χ0v) is 14.8. The fraction of sp³-hybridized carbons (Fsp3) is 0.286. The summed E-state index contributed by atoms with van der Waals surface area (Å²) in [6, 6.07) is 5.22. The van der Waals surface area contributed by atoms with Gasteiger partial charge in [0.25, 0.3) is 0 Å². The molecule has 0 amide bonds. The highest BCUT2D eigenvalue weighted by atomic mass is 79.9. The van der Waals surface area contributed by atoms with E-state index < -0.39 is 0 Å². The molecule has 2 aromatic rings. The molecule has 106 valence electrons. The summed E-state index contributed by atoms with van der Waals surface area (Å²) in [5, 5.41) is 1.47. The van der Waals surface area contributed by atoms with Crippen molar-refractivity contribution in [3.63, 3.8) is 0 Å². The molecule has 2 nitrogen and oxygen atoms in total. The first-order valence-electron chi connectivity index (χ1n) is 6.05. The third kappa shape index (κ3) is 3.64. The predicted octanol–water partition coefficient (Wildman–Crippen LogP) is 6.06. The lowest BCUT2D eigenvalue weighted by Crippen LogP contribution is -2.03. The van der Waals surface area contributed by atoms with Crippen molar-refractivity contribution in [2.45, 2.75) is 20.3 Å². The van der Waals surface area contributed by atoms with Gasteiger partial charge in [0.05, 0.1) is 15.2 Å². The lowest BCUT2D eigenvalue weighted by Gasteiger charge is -2.11. The van der Waals surface area contributed by atoms with Crippen LogP contribution in [0.15, 0.2) is 22.7 Å². The molecule has 0 bridgehead atoms. The maximum absolute atomic E-state index is 6.20. The Kier molecular flexibility index (Phi) is 5.30. The van der Waals surface area contributed by atoms with E-state index in [-0.39, 0.29) is 0 Å². The Morgan fingerprint density at radius 2 is 1.85 bits per heavy atom. The van der Waals surface area contributed by atoms with Crippen LogP contribution >= 0.6 is 50.7 Å². The highest BCUT2D eigenvalue weighted by molar-refractivity contribution is 9.10. The van der Waals surface area contributed by atoms with Crippen molar-refractivity contribution >= 4 is 50.7 Å². The smallest absolute Gasteiger partial charge is 0.162 e. The Hall–Kier alpha value is -0.350. The quantitative estimate of drug-likeness (QED) is 0.591. The summed E-state index contributed by atoms with van der Waals surface area (Å²) < 4.78 is 0.738. The minimum Gasteiger partial charge on any atom is -0.232 e. The van der Waals surface area contributed by atoms with Crippen molar-refractivity contribution in [2.75, 3.05) is 0 Å². The minimum absolute atomic E-state index is 0.386. The predicted molar refractivity (Wildman–Crippen MR) is 88.7 cm³/mol. The monoisotopic (exact) mass is 392 g/mol. The number of nitrogens with zero attached hydrogens (tertiary/aromatic N) is 2. The molecule has 0 fully saturated rings. The number of aromatic nitrogens is 2. The van der Waals surface area contributed by atoms with E-state index in [1.807, 2.05) is 0 Å². The maximum atomic E-state index is 6.20. The van der Waals surface area contributed by atoms with Crippen molar-refractivity contribution in [3.8, 4) is 11.4 Å². The number of hydrogen-bond donors (Lipinski definition) is 0. The van der Waals surface area contributed by atoms with E-state index in [0.29, 0.717) is 26.9 Å². The molecular weight excluding hydrogens is 382 g/mol. The lowest BCUT2D eigenvalue weighted by molar-refractivity contribution is 0.632. The molecule has 0 N–H and O–H groups in total. The van der Waals surface area contributed by atoms with Crippen LogP contribution in [-0.2, 0) is 6.42 Å². The Balaban J connectivity index is 2.54. The lowest BCUT2D eigenvalue weighted by atomic mass is 10.1. The van der Waals surface area contributed by atoms with E-state index in [1.54, 1.807) is 18.2 Å². The molecule has 1 aromatic heterocycles. The van der Waals surface area contributed by atoms with Gasteiger partial charge in [-0.05, 0) is 46.5 Å². The first-order valence-corrected chi connectivity index (χ1v) is 7.98. The van der Waals surface area contributed by atoms with Crippen LogP contribution in [0, 0.1) is 5.92 Å². The largest absolute Gasteiger partial charge is 0.232 e. The Morgan fingerprint density at radius 3 is 2.45 bits per heavy atom. The third-order valence-electron chi connectivity index (χ3n) is 2.65. The van der Waals surface area contributed by atoms with Crippen LogP contribution in [0.4, 0.5) is 0 Å². The van der Waals surface area contributed by atoms with Gasteiger partial charge in [0, 0.05) is 10.6 Å². The number of benzene rings is 1. The first kappa shape index (κ1) is 16.0. The van der Waals surface area contributed by atoms with Crippen molar-refractivity contribution in [2.24, 2.45) is 5.92 Å². The van der Waals surface area contributed by atoms with Crippen LogP contribution < -0.4 is 0 Å². The summed E-state index contributed by atoms with van der Waals surface area (Å²) in [5.41, 5.74) is 1.59. The van der Waals surface area contributed by atoms with Gasteiger partial charge in [0.2, 0.25) is 0 Å². The second-order valence-electron chi connectivity index (χ2n) is 4.82. The molecule has 0 unspecified atom stereocenters. The van der Waals surface area contributed by atoms with Crippen LogP contribution in [0.5, 0.6) is 0 Å². The number of halogens is 4. The molecule has 0 aliphatic heterocycles. The molecule has 1 heterocycles. The summed E-state index contributed by atoms with van der Waals surface area (Å²) in [6.07, 6.45) is 0.807. The van der Waals surface area contributed by atoms with Gasteiger partial charge < -0.3 is 0 Å². The Morgan fingerprint density at radius 1 is 1.15 bits per heavy atom. The molecule has 0 radical (unpaired) electrons. The van der Waals surface area contributed by atoms with Crippen LogP contribution in [0.2, 0.25) is 15.2 Å². The van der Waals surface area contributed by atoms with E-state index in [4.69, 9.17) is 34.8 Å². The van der Waals surface area contributed by atoms with Gasteiger partial charge in [0.1, 0.15) is 5.15 Å². The molecule has 0 saturated heterocycles. The Labute approximate surface area is 141 Å². The molecule has 6 heteroatoms. The zero-order valence-electron chi connectivity index (χ0n) is 10.9. The average molecular weight is 395 g/mol. The van der Waals surface area contributed by atoms with E-state index in [0.717, 1.165) is 22.2 Å². The van der Waals surface area contributed by atoms with E-state index in [2.05, 4.69) is 39.7 Å². The van der Waals surface area contributed by atoms with Gasteiger partial charge in [-0.1, -0.05) is 48.7 Å². The number of hydrogen-bond acceptors (Lipinski definition) is 2. The zero-order chi connectivity index (χ0) is 14.9. The second kappa shape index (κ2) is 6.61.